The Labute approximate surface area is 122 Å². The van der Waals surface area contributed by atoms with Crippen molar-refractivity contribution in [3.63, 3.8) is 0 Å². The van der Waals surface area contributed by atoms with E-state index in [2.05, 4.69) is 31.6 Å². The molecule has 104 valence electrons. The van der Waals surface area contributed by atoms with Gasteiger partial charge < -0.3 is 10.2 Å². The molecule has 0 amide bonds. The highest BCUT2D eigenvalue weighted by Gasteiger charge is 2.23. The van der Waals surface area contributed by atoms with Gasteiger partial charge in [-0.1, -0.05) is 0 Å². The third-order valence-electron chi connectivity index (χ3n) is 4.21. The van der Waals surface area contributed by atoms with Crippen LogP contribution in [0.5, 0.6) is 0 Å². The molecular formula is C15H18N4S. The van der Waals surface area contributed by atoms with Gasteiger partial charge in [0.15, 0.2) is 0 Å². The van der Waals surface area contributed by atoms with Gasteiger partial charge in [0.1, 0.15) is 12.1 Å². The Morgan fingerprint density at radius 3 is 3.10 bits per heavy atom. The second kappa shape index (κ2) is 5.14. The largest absolute Gasteiger partial charge is 0.352 e. The van der Waals surface area contributed by atoms with Gasteiger partial charge in [0.25, 0.3) is 0 Å². The lowest BCUT2D eigenvalue weighted by Gasteiger charge is -2.29. The Morgan fingerprint density at radius 2 is 2.10 bits per heavy atom. The minimum absolute atomic E-state index is 0.996. The van der Waals surface area contributed by atoms with Crippen molar-refractivity contribution in [1.29, 1.82) is 0 Å². The van der Waals surface area contributed by atoms with Gasteiger partial charge in [-0.05, 0) is 36.4 Å². The number of thiophene rings is 1. The molecule has 0 spiro atoms. The summed E-state index contributed by atoms with van der Waals surface area (Å²) in [7, 11) is 0. The monoisotopic (exact) mass is 286 g/mol. The molecule has 0 fully saturated rings. The average Bonchev–Trinajstić information content (AvgIpc) is 2.82. The molecule has 2 aliphatic heterocycles. The van der Waals surface area contributed by atoms with E-state index in [0.29, 0.717) is 0 Å². The molecule has 0 radical (unpaired) electrons. The molecule has 0 saturated carbocycles. The maximum Gasteiger partial charge on any atom is 0.135 e. The molecule has 2 aromatic rings. The summed E-state index contributed by atoms with van der Waals surface area (Å²) in [5.74, 6) is 1.16. The van der Waals surface area contributed by atoms with Crippen LogP contribution in [0.3, 0.4) is 0 Å². The van der Waals surface area contributed by atoms with Crippen molar-refractivity contribution in [3.05, 3.63) is 39.5 Å². The van der Waals surface area contributed by atoms with E-state index in [1.165, 1.54) is 16.8 Å². The van der Waals surface area contributed by atoms with Gasteiger partial charge in [0, 0.05) is 36.5 Å². The summed E-state index contributed by atoms with van der Waals surface area (Å²) in [5.41, 5.74) is 4.06. The predicted octanol–water partition coefficient (Wildman–Crippen LogP) is 1.79. The van der Waals surface area contributed by atoms with E-state index < -0.39 is 0 Å². The summed E-state index contributed by atoms with van der Waals surface area (Å²) in [4.78, 5) is 13.1. The molecular weight excluding hydrogens is 268 g/mol. The van der Waals surface area contributed by atoms with Gasteiger partial charge in [-0.3, -0.25) is 0 Å². The van der Waals surface area contributed by atoms with Crippen LogP contribution in [0.15, 0.2) is 17.8 Å². The minimum atomic E-state index is 0.996. The molecule has 2 aromatic heterocycles. The topological polar surface area (TPSA) is 41.1 Å². The van der Waals surface area contributed by atoms with Crippen molar-refractivity contribution in [1.82, 2.24) is 15.3 Å². The van der Waals surface area contributed by atoms with Gasteiger partial charge in [-0.15, -0.1) is 11.3 Å². The first kappa shape index (κ1) is 12.3. The molecule has 4 heterocycles. The number of rotatable bonds is 1. The summed E-state index contributed by atoms with van der Waals surface area (Å²) in [5, 5.41) is 5.66. The van der Waals surface area contributed by atoms with E-state index in [1.807, 2.05) is 11.3 Å². The Bertz CT molecular complexity index is 622. The molecule has 0 saturated heterocycles. The van der Waals surface area contributed by atoms with Gasteiger partial charge in [0.05, 0.1) is 5.69 Å². The van der Waals surface area contributed by atoms with Crippen molar-refractivity contribution in [3.8, 4) is 0 Å². The summed E-state index contributed by atoms with van der Waals surface area (Å²) >= 11 is 1.89. The lowest BCUT2D eigenvalue weighted by atomic mass is 10.1. The zero-order chi connectivity index (χ0) is 13.4. The van der Waals surface area contributed by atoms with Crippen LogP contribution in [0.1, 0.15) is 21.7 Å². The number of nitrogens with one attached hydrogen (secondary N) is 1. The molecule has 0 aliphatic carbocycles. The SMILES string of the molecule is c1nc2c(c(N3CCc4sccc4C3)n1)CCNCC2. The van der Waals surface area contributed by atoms with E-state index >= 15 is 0 Å². The fourth-order valence-corrected chi connectivity index (χ4v) is 4.05. The number of hydrogen-bond acceptors (Lipinski definition) is 5. The molecule has 0 aromatic carbocycles. The van der Waals surface area contributed by atoms with Crippen molar-refractivity contribution in [2.24, 2.45) is 0 Å². The molecule has 20 heavy (non-hydrogen) atoms. The first-order valence-electron chi connectivity index (χ1n) is 7.25. The molecule has 4 nitrogen and oxygen atoms in total. The molecule has 2 aliphatic rings. The van der Waals surface area contributed by atoms with E-state index in [1.54, 1.807) is 11.2 Å². The van der Waals surface area contributed by atoms with Crippen LogP contribution in [-0.2, 0) is 25.8 Å². The van der Waals surface area contributed by atoms with Crippen LogP contribution < -0.4 is 10.2 Å². The highest BCUT2D eigenvalue weighted by atomic mass is 32.1. The van der Waals surface area contributed by atoms with Crippen LogP contribution in [0.2, 0.25) is 0 Å². The number of hydrogen-bond donors (Lipinski definition) is 1. The number of aromatic nitrogens is 2. The number of anilines is 1. The van der Waals surface area contributed by atoms with Crippen LogP contribution in [-0.4, -0.2) is 29.6 Å². The highest BCUT2D eigenvalue weighted by molar-refractivity contribution is 7.10. The highest BCUT2D eigenvalue weighted by Crippen LogP contribution is 2.29. The maximum absolute atomic E-state index is 4.61. The number of fused-ring (bicyclic) bond motifs is 2. The third-order valence-corrected chi connectivity index (χ3v) is 5.23. The van der Waals surface area contributed by atoms with Gasteiger partial charge in [-0.25, -0.2) is 9.97 Å². The standard InChI is InChI=1S/C15H18N4S/c1-5-16-6-2-13-12(1)15(18-10-17-13)19-7-3-14-11(9-19)4-8-20-14/h4,8,10,16H,1-3,5-7,9H2. The maximum atomic E-state index is 4.61. The Hall–Kier alpha value is -1.46. The lowest BCUT2D eigenvalue weighted by Crippen LogP contribution is -2.31. The van der Waals surface area contributed by atoms with Gasteiger partial charge >= 0.3 is 0 Å². The van der Waals surface area contributed by atoms with E-state index in [-0.39, 0.29) is 0 Å². The predicted molar refractivity (Wildman–Crippen MR) is 81.4 cm³/mol. The second-order valence-corrected chi connectivity index (χ2v) is 6.41. The summed E-state index contributed by atoms with van der Waals surface area (Å²) in [6.07, 6.45) is 4.94. The van der Waals surface area contributed by atoms with E-state index in [9.17, 15) is 0 Å². The normalized spacial score (nSPS) is 18.3. The first-order chi connectivity index (χ1) is 9.92. The quantitative estimate of drug-likeness (QED) is 0.868. The van der Waals surface area contributed by atoms with Gasteiger partial charge in [0.2, 0.25) is 0 Å². The fourth-order valence-electron chi connectivity index (χ4n) is 3.16. The summed E-state index contributed by atoms with van der Waals surface area (Å²) in [6, 6.07) is 2.26. The zero-order valence-electron chi connectivity index (χ0n) is 11.4. The fraction of sp³-hybridized carbons (Fsp3) is 0.467. The van der Waals surface area contributed by atoms with Crippen LogP contribution in [0.4, 0.5) is 5.82 Å². The smallest absolute Gasteiger partial charge is 0.135 e. The molecule has 0 unspecified atom stereocenters. The number of nitrogens with zero attached hydrogens (tertiary/aromatic N) is 3. The average molecular weight is 286 g/mol. The minimum Gasteiger partial charge on any atom is -0.352 e. The Morgan fingerprint density at radius 1 is 1.15 bits per heavy atom. The molecule has 1 N–H and O–H groups in total. The van der Waals surface area contributed by atoms with Crippen molar-refractivity contribution in [2.75, 3.05) is 24.5 Å². The van der Waals surface area contributed by atoms with Crippen LogP contribution >= 0.6 is 11.3 Å². The Kier molecular flexibility index (Phi) is 3.16. The lowest BCUT2D eigenvalue weighted by molar-refractivity contribution is 0.704. The first-order valence-corrected chi connectivity index (χ1v) is 8.13. The van der Waals surface area contributed by atoms with Crippen molar-refractivity contribution >= 4 is 17.2 Å². The third kappa shape index (κ3) is 2.11. The molecule has 0 atom stereocenters. The van der Waals surface area contributed by atoms with Crippen LogP contribution in [0, 0.1) is 0 Å². The molecule has 4 rings (SSSR count). The summed E-state index contributed by atoms with van der Waals surface area (Å²) < 4.78 is 0. The van der Waals surface area contributed by atoms with Crippen molar-refractivity contribution < 1.29 is 0 Å². The van der Waals surface area contributed by atoms with Crippen LogP contribution in [0.25, 0.3) is 0 Å². The molecule has 0 bridgehead atoms. The second-order valence-electron chi connectivity index (χ2n) is 5.41. The van der Waals surface area contributed by atoms with E-state index in [4.69, 9.17) is 0 Å². The zero-order valence-corrected chi connectivity index (χ0v) is 12.2. The van der Waals surface area contributed by atoms with Crippen molar-refractivity contribution in [2.45, 2.75) is 25.8 Å². The van der Waals surface area contributed by atoms with E-state index in [0.717, 1.165) is 51.3 Å². The Balaban J connectivity index is 1.69. The summed E-state index contributed by atoms with van der Waals surface area (Å²) in [6.45, 7) is 4.13. The molecule has 5 heteroatoms. The van der Waals surface area contributed by atoms with Gasteiger partial charge in [-0.2, -0.15) is 0 Å².